The smallest absolute Gasteiger partial charge is 0.224 e. The van der Waals surface area contributed by atoms with Crippen molar-refractivity contribution >= 4 is 5.91 Å². The molecule has 3 nitrogen and oxygen atoms in total. The largest absolute Gasteiger partial charge is 0.352 e. The molecule has 1 amide bonds. The number of carbonyl (C=O) groups excluding carboxylic acids is 1. The van der Waals surface area contributed by atoms with Crippen LogP contribution in [0.1, 0.15) is 36.0 Å². The molecule has 0 bridgehead atoms. The molecule has 0 aliphatic carbocycles. The maximum atomic E-state index is 12.2. The molecular weight excluding hydrogens is 296 g/mol. The predicted molar refractivity (Wildman–Crippen MR) is 97.6 cm³/mol. The average molecular weight is 322 g/mol. The van der Waals surface area contributed by atoms with Crippen molar-refractivity contribution in [1.29, 1.82) is 0 Å². The molecule has 3 rings (SSSR count). The fourth-order valence-corrected chi connectivity index (χ4v) is 3.28. The summed E-state index contributed by atoms with van der Waals surface area (Å²) >= 11 is 0. The summed E-state index contributed by atoms with van der Waals surface area (Å²) in [5.41, 5.74) is 3.61. The molecule has 24 heavy (non-hydrogen) atoms. The van der Waals surface area contributed by atoms with E-state index in [-0.39, 0.29) is 5.91 Å². The Balaban J connectivity index is 1.55. The van der Waals surface area contributed by atoms with Crippen LogP contribution < -0.4 is 5.32 Å². The summed E-state index contributed by atoms with van der Waals surface area (Å²) in [6.07, 6.45) is 4.40. The molecule has 0 unspecified atom stereocenters. The van der Waals surface area contributed by atoms with Crippen molar-refractivity contribution in [2.75, 3.05) is 13.1 Å². The molecule has 0 spiro atoms. The first-order valence-electron chi connectivity index (χ1n) is 8.91. The first-order valence-corrected chi connectivity index (χ1v) is 8.91. The molecule has 1 aliphatic rings. The van der Waals surface area contributed by atoms with E-state index in [1.165, 1.54) is 43.5 Å². The molecule has 0 aromatic heterocycles. The second kappa shape index (κ2) is 8.65. The Bertz CT molecular complexity index is 648. The standard InChI is InChI=1S/C21H26N2O/c24-21(15-18-9-3-1-4-10-18)22-16-19-11-5-6-12-20(19)17-23-13-7-2-8-14-23/h1,3-6,9-12H,2,7-8,13-17H2,(H,22,24). The number of hydrogen-bond acceptors (Lipinski definition) is 2. The number of likely N-dealkylation sites (tertiary alicyclic amines) is 1. The molecule has 1 aliphatic heterocycles. The van der Waals surface area contributed by atoms with Crippen LogP contribution in [0.3, 0.4) is 0 Å². The highest BCUT2D eigenvalue weighted by Gasteiger charge is 2.12. The molecule has 1 heterocycles. The molecule has 126 valence electrons. The summed E-state index contributed by atoms with van der Waals surface area (Å²) in [6, 6.07) is 18.3. The minimum Gasteiger partial charge on any atom is -0.352 e. The Labute approximate surface area is 144 Å². The Morgan fingerprint density at radius 2 is 1.54 bits per heavy atom. The monoisotopic (exact) mass is 322 g/mol. The van der Waals surface area contributed by atoms with Crippen LogP contribution in [0.2, 0.25) is 0 Å². The number of carbonyl (C=O) groups is 1. The maximum Gasteiger partial charge on any atom is 0.224 e. The Hall–Kier alpha value is -2.13. The third-order valence-electron chi connectivity index (χ3n) is 4.64. The molecule has 0 saturated carbocycles. The fraction of sp³-hybridized carbons (Fsp3) is 0.381. The lowest BCUT2D eigenvalue weighted by atomic mass is 10.0. The summed E-state index contributed by atoms with van der Waals surface area (Å²) in [4.78, 5) is 14.7. The SMILES string of the molecule is O=C(Cc1ccccc1)NCc1ccccc1CN1CCCCC1. The summed E-state index contributed by atoms with van der Waals surface area (Å²) in [5.74, 6) is 0.0778. The van der Waals surface area contributed by atoms with Gasteiger partial charge in [-0.2, -0.15) is 0 Å². The highest BCUT2D eigenvalue weighted by Crippen LogP contribution is 2.16. The van der Waals surface area contributed by atoms with Crippen molar-refractivity contribution in [2.45, 2.75) is 38.8 Å². The summed E-state index contributed by atoms with van der Waals surface area (Å²) < 4.78 is 0. The predicted octanol–water partition coefficient (Wildman–Crippen LogP) is 3.53. The average Bonchev–Trinajstić information content (AvgIpc) is 2.63. The third kappa shape index (κ3) is 4.93. The number of nitrogens with zero attached hydrogens (tertiary/aromatic N) is 1. The second-order valence-corrected chi connectivity index (χ2v) is 6.54. The van der Waals surface area contributed by atoms with E-state index in [0.29, 0.717) is 13.0 Å². The van der Waals surface area contributed by atoms with Crippen molar-refractivity contribution in [1.82, 2.24) is 10.2 Å². The Morgan fingerprint density at radius 1 is 0.875 bits per heavy atom. The van der Waals surface area contributed by atoms with Crippen molar-refractivity contribution < 1.29 is 4.79 Å². The van der Waals surface area contributed by atoms with Gasteiger partial charge in [0.15, 0.2) is 0 Å². The zero-order valence-electron chi connectivity index (χ0n) is 14.2. The van der Waals surface area contributed by atoms with Crippen molar-refractivity contribution in [3.8, 4) is 0 Å². The van der Waals surface area contributed by atoms with Gasteiger partial charge in [0.05, 0.1) is 6.42 Å². The van der Waals surface area contributed by atoms with E-state index in [0.717, 1.165) is 12.1 Å². The molecule has 2 aromatic carbocycles. The molecule has 3 heteroatoms. The molecule has 0 radical (unpaired) electrons. The van der Waals surface area contributed by atoms with Gasteiger partial charge in [-0.15, -0.1) is 0 Å². The van der Waals surface area contributed by atoms with Crippen LogP contribution in [0, 0.1) is 0 Å². The zero-order valence-corrected chi connectivity index (χ0v) is 14.2. The van der Waals surface area contributed by atoms with Gasteiger partial charge in [-0.25, -0.2) is 0 Å². The van der Waals surface area contributed by atoms with Gasteiger partial charge in [-0.05, 0) is 42.6 Å². The topological polar surface area (TPSA) is 32.3 Å². The van der Waals surface area contributed by atoms with E-state index in [2.05, 4.69) is 34.5 Å². The molecule has 1 fully saturated rings. The van der Waals surface area contributed by atoms with E-state index >= 15 is 0 Å². The van der Waals surface area contributed by atoms with Crippen LogP contribution in [0.5, 0.6) is 0 Å². The third-order valence-corrected chi connectivity index (χ3v) is 4.64. The summed E-state index contributed by atoms with van der Waals surface area (Å²) in [6.45, 7) is 3.98. The van der Waals surface area contributed by atoms with Gasteiger partial charge < -0.3 is 5.32 Å². The molecule has 1 N–H and O–H groups in total. The molecule has 1 saturated heterocycles. The lowest BCUT2D eigenvalue weighted by Crippen LogP contribution is -2.30. The van der Waals surface area contributed by atoms with Crippen LogP contribution in [-0.4, -0.2) is 23.9 Å². The van der Waals surface area contributed by atoms with Crippen LogP contribution in [0.25, 0.3) is 0 Å². The Kier molecular flexibility index (Phi) is 6.02. The highest BCUT2D eigenvalue weighted by atomic mass is 16.1. The lowest BCUT2D eigenvalue weighted by molar-refractivity contribution is -0.120. The molecule has 0 atom stereocenters. The van der Waals surface area contributed by atoms with Gasteiger partial charge in [-0.3, -0.25) is 9.69 Å². The van der Waals surface area contributed by atoms with Gasteiger partial charge in [0.2, 0.25) is 5.91 Å². The van der Waals surface area contributed by atoms with Gasteiger partial charge in [0.1, 0.15) is 0 Å². The summed E-state index contributed by atoms with van der Waals surface area (Å²) in [7, 11) is 0. The molecule has 2 aromatic rings. The number of benzene rings is 2. The first kappa shape index (κ1) is 16.7. The minimum absolute atomic E-state index is 0.0778. The number of rotatable bonds is 6. The van der Waals surface area contributed by atoms with Crippen LogP contribution in [-0.2, 0) is 24.3 Å². The maximum absolute atomic E-state index is 12.2. The van der Waals surface area contributed by atoms with Gasteiger partial charge in [0.25, 0.3) is 0 Å². The van der Waals surface area contributed by atoms with Gasteiger partial charge in [0, 0.05) is 13.1 Å². The number of amides is 1. The quantitative estimate of drug-likeness (QED) is 0.882. The number of hydrogen-bond donors (Lipinski definition) is 1. The van der Waals surface area contributed by atoms with Crippen molar-refractivity contribution in [3.63, 3.8) is 0 Å². The van der Waals surface area contributed by atoms with Crippen molar-refractivity contribution in [2.24, 2.45) is 0 Å². The number of piperidine rings is 1. The van der Waals surface area contributed by atoms with Crippen LogP contribution >= 0.6 is 0 Å². The van der Waals surface area contributed by atoms with Gasteiger partial charge in [-0.1, -0.05) is 61.0 Å². The minimum atomic E-state index is 0.0778. The van der Waals surface area contributed by atoms with E-state index in [1.54, 1.807) is 0 Å². The fourth-order valence-electron chi connectivity index (χ4n) is 3.28. The molecular formula is C21H26N2O. The van der Waals surface area contributed by atoms with E-state index < -0.39 is 0 Å². The Morgan fingerprint density at radius 3 is 2.29 bits per heavy atom. The zero-order chi connectivity index (χ0) is 16.6. The lowest BCUT2D eigenvalue weighted by Gasteiger charge is -2.27. The summed E-state index contributed by atoms with van der Waals surface area (Å²) in [5, 5.41) is 3.07. The highest BCUT2D eigenvalue weighted by molar-refractivity contribution is 5.78. The first-order chi connectivity index (χ1) is 11.8. The van der Waals surface area contributed by atoms with E-state index in [9.17, 15) is 4.79 Å². The number of nitrogens with one attached hydrogen (secondary N) is 1. The van der Waals surface area contributed by atoms with E-state index in [4.69, 9.17) is 0 Å². The second-order valence-electron chi connectivity index (χ2n) is 6.54. The van der Waals surface area contributed by atoms with Gasteiger partial charge >= 0.3 is 0 Å². The normalized spacial score (nSPS) is 15.2. The van der Waals surface area contributed by atoms with E-state index in [1.807, 2.05) is 30.3 Å². The van der Waals surface area contributed by atoms with Crippen LogP contribution in [0.4, 0.5) is 0 Å². The van der Waals surface area contributed by atoms with Crippen LogP contribution in [0.15, 0.2) is 54.6 Å². The van der Waals surface area contributed by atoms with Crippen molar-refractivity contribution in [3.05, 3.63) is 71.3 Å².